The van der Waals surface area contributed by atoms with Gasteiger partial charge in [-0.1, -0.05) is 30.7 Å². The first-order valence-electron chi connectivity index (χ1n) is 12.8. The topological polar surface area (TPSA) is 64.6 Å². The van der Waals surface area contributed by atoms with Crippen LogP contribution in [0, 0.1) is 22.1 Å². The fourth-order valence-electron chi connectivity index (χ4n) is 4.53. The number of amides is 1. The molecule has 0 bridgehead atoms. The van der Waals surface area contributed by atoms with Crippen molar-refractivity contribution in [2.75, 3.05) is 20.1 Å². The highest BCUT2D eigenvalue weighted by atomic mass is 127. The van der Waals surface area contributed by atoms with Crippen molar-refractivity contribution in [2.45, 2.75) is 51.9 Å². The SMILES string of the molecule is CCCN(C)Cc1cc(C)cc(C(=O)N[C@@H](Cc2cc(F)cc(F)c2)[C@H](O)CNCc2cccc(I)c2)c1.Cl.Cl. The van der Waals surface area contributed by atoms with Crippen LogP contribution in [0.5, 0.6) is 0 Å². The Kier molecular flexibility index (Phi) is 16.2. The van der Waals surface area contributed by atoms with Crippen molar-refractivity contribution < 1.29 is 18.7 Å². The summed E-state index contributed by atoms with van der Waals surface area (Å²) in [5, 5.41) is 17.2. The third-order valence-electron chi connectivity index (χ3n) is 6.19. The number of nitrogens with one attached hydrogen (secondary N) is 2. The van der Waals surface area contributed by atoms with Gasteiger partial charge >= 0.3 is 0 Å². The van der Waals surface area contributed by atoms with Gasteiger partial charge in [-0.15, -0.1) is 24.8 Å². The van der Waals surface area contributed by atoms with E-state index in [4.69, 9.17) is 0 Å². The number of aryl methyl sites for hydroxylation is 1. The lowest BCUT2D eigenvalue weighted by Gasteiger charge is -2.25. The molecular formula is C30H38Cl2F2IN3O2. The van der Waals surface area contributed by atoms with Crippen LogP contribution in [-0.2, 0) is 19.5 Å². The first-order valence-corrected chi connectivity index (χ1v) is 13.9. The Bertz CT molecular complexity index is 1220. The Morgan fingerprint density at radius 1 is 1.00 bits per heavy atom. The summed E-state index contributed by atoms with van der Waals surface area (Å²) >= 11 is 2.24. The minimum absolute atomic E-state index is 0. The van der Waals surface area contributed by atoms with Gasteiger partial charge in [0.2, 0.25) is 0 Å². The number of aliphatic hydroxyl groups is 1. The number of carbonyl (C=O) groups is 1. The second-order valence-corrected chi connectivity index (χ2v) is 11.1. The predicted octanol–water partition coefficient (Wildman–Crippen LogP) is 6.06. The summed E-state index contributed by atoms with van der Waals surface area (Å²) in [6.07, 6.45) is 0.116. The first kappa shape index (κ1) is 36.2. The molecule has 5 nitrogen and oxygen atoms in total. The van der Waals surface area contributed by atoms with Crippen LogP contribution in [0.15, 0.2) is 60.7 Å². The second kappa shape index (κ2) is 17.9. The van der Waals surface area contributed by atoms with E-state index in [1.54, 1.807) is 6.07 Å². The maximum atomic E-state index is 13.9. The monoisotopic (exact) mass is 707 g/mol. The van der Waals surface area contributed by atoms with E-state index < -0.39 is 23.8 Å². The largest absolute Gasteiger partial charge is 0.390 e. The van der Waals surface area contributed by atoms with Crippen molar-refractivity contribution in [3.8, 4) is 0 Å². The van der Waals surface area contributed by atoms with Crippen LogP contribution in [0.3, 0.4) is 0 Å². The van der Waals surface area contributed by atoms with Crippen molar-refractivity contribution in [2.24, 2.45) is 0 Å². The number of nitrogens with zero attached hydrogens (tertiary/aromatic N) is 1. The average molecular weight is 708 g/mol. The van der Waals surface area contributed by atoms with E-state index in [2.05, 4.69) is 51.1 Å². The van der Waals surface area contributed by atoms with Crippen molar-refractivity contribution in [1.82, 2.24) is 15.5 Å². The lowest BCUT2D eigenvalue weighted by molar-refractivity contribution is 0.0829. The van der Waals surface area contributed by atoms with Crippen molar-refractivity contribution in [1.29, 1.82) is 0 Å². The van der Waals surface area contributed by atoms with Gasteiger partial charge in [-0.3, -0.25) is 4.79 Å². The summed E-state index contributed by atoms with van der Waals surface area (Å²) in [6, 6.07) is 16.2. The van der Waals surface area contributed by atoms with Gasteiger partial charge in [-0.05, 0) is 109 Å². The summed E-state index contributed by atoms with van der Waals surface area (Å²) in [4.78, 5) is 15.5. The number of rotatable bonds is 13. The van der Waals surface area contributed by atoms with Crippen LogP contribution in [0.1, 0.15) is 46.0 Å². The predicted molar refractivity (Wildman–Crippen MR) is 170 cm³/mol. The molecule has 0 aliphatic heterocycles. The van der Waals surface area contributed by atoms with Crippen molar-refractivity contribution in [3.05, 3.63) is 104 Å². The van der Waals surface area contributed by atoms with Gasteiger partial charge in [0.25, 0.3) is 5.91 Å². The normalized spacial score (nSPS) is 12.3. The van der Waals surface area contributed by atoms with Crippen LogP contribution in [-0.4, -0.2) is 48.2 Å². The molecule has 0 saturated heterocycles. The van der Waals surface area contributed by atoms with Crippen molar-refractivity contribution >= 4 is 53.3 Å². The summed E-state index contributed by atoms with van der Waals surface area (Å²) in [6.45, 7) is 6.45. The molecule has 1 amide bonds. The van der Waals surface area contributed by atoms with Gasteiger partial charge in [0.1, 0.15) is 11.6 Å². The summed E-state index contributed by atoms with van der Waals surface area (Å²) in [5.74, 6) is -1.74. The van der Waals surface area contributed by atoms with Crippen LogP contribution in [0.25, 0.3) is 0 Å². The lowest BCUT2D eigenvalue weighted by Crippen LogP contribution is -2.48. The number of benzene rings is 3. The molecule has 0 radical (unpaired) electrons. The van der Waals surface area contributed by atoms with Gasteiger partial charge in [0, 0.05) is 34.8 Å². The van der Waals surface area contributed by atoms with Gasteiger partial charge < -0.3 is 20.6 Å². The zero-order chi connectivity index (χ0) is 27.7. The van der Waals surface area contributed by atoms with Gasteiger partial charge in [-0.25, -0.2) is 8.78 Å². The molecule has 0 aromatic heterocycles. The Hall–Kier alpha value is -1.82. The van der Waals surface area contributed by atoms with Crippen LogP contribution in [0.4, 0.5) is 8.78 Å². The molecule has 40 heavy (non-hydrogen) atoms. The maximum absolute atomic E-state index is 13.9. The zero-order valence-corrected chi connectivity index (χ0v) is 26.7. The fourth-order valence-corrected chi connectivity index (χ4v) is 5.14. The Labute approximate surface area is 262 Å². The first-order chi connectivity index (χ1) is 18.1. The number of carbonyl (C=O) groups excluding carboxylic acids is 1. The molecule has 3 aromatic rings. The molecule has 0 aliphatic rings. The van der Waals surface area contributed by atoms with Crippen LogP contribution < -0.4 is 10.6 Å². The molecule has 0 spiro atoms. The van der Waals surface area contributed by atoms with E-state index in [1.165, 1.54) is 12.1 Å². The van der Waals surface area contributed by atoms with Gasteiger partial charge in [-0.2, -0.15) is 0 Å². The average Bonchev–Trinajstić information content (AvgIpc) is 2.82. The highest BCUT2D eigenvalue weighted by Gasteiger charge is 2.23. The Morgan fingerprint density at radius 3 is 2.35 bits per heavy atom. The molecule has 3 aromatic carbocycles. The Morgan fingerprint density at radius 2 is 1.70 bits per heavy atom. The zero-order valence-electron chi connectivity index (χ0n) is 22.9. The standard InChI is InChI=1S/C30H36F2IN3O2.2ClH/c1-4-8-36(3)19-23-9-20(2)10-24(11-23)30(38)35-28(15-22-12-25(31)16-26(32)13-22)29(37)18-34-17-21-6-5-7-27(33)14-21;;/h5-7,9-14,16,28-29,34,37H,4,8,15,17-19H2,1-3H3,(H,35,38);2*1H/t28-,29+;;/m0../s1. The number of hydrogen-bond donors (Lipinski definition) is 3. The fraction of sp³-hybridized carbons (Fsp3) is 0.367. The number of hydrogen-bond acceptors (Lipinski definition) is 4. The molecule has 0 unspecified atom stereocenters. The highest BCUT2D eigenvalue weighted by molar-refractivity contribution is 14.1. The molecule has 10 heteroatoms. The molecule has 3 N–H and O–H groups in total. The minimum Gasteiger partial charge on any atom is -0.390 e. The molecule has 2 atom stereocenters. The third kappa shape index (κ3) is 12.0. The molecule has 0 aliphatic carbocycles. The van der Waals surface area contributed by atoms with Gasteiger partial charge in [0.15, 0.2) is 0 Å². The van der Waals surface area contributed by atoms with Crippen LogP contribution in [0.2, 0.25) is 0 Å². The van der Waals surface area contributed by atoms with E-state index in [0.717, 1.165) is 39.3 Å². The third-order valence-corrected chi connectivity index (χ3v) is 6.86. The number of halogens is 5. The van der Waals surface area contributed by atoms with E-state index in [0.29, 0.717) is 24.2 Å². The van der Waals surface area contributed by atoms with Crippen molar-refractivity contribution in [3.63, 3.8) is 0 Å². The molecular weight excluding hydrogens is 670 g/mol. The molecule has 3 rings (SSSR count). The van der Waals surface area contributed by atoms with E-state index in [9.17, 15) is 18.7 Å². The molecule has 0 saturated carbocycles. The second-order valence-electron chi connectivity index (χ2n) is 9.84. The van der Waals surface area contributed by atoms with Gasteiger partial charge in [0.05, 0.1) is 12.1 Å². The minimum atomic E-state index is -0.993. The Balaban J connectivity index is 0.00000400. The molecule has 0 fully saturated rings. The van der Waals surface area contributed by atoms with E-state index >= 15 is 0 Å². The molecule has 0 heterocycles. The summed E-state index contributed by atoms with van der Waals surface area (Å²) in [7, 11) is 2.04. The molecule has 220 valence electrons. The van der Waals surface area contributed by atoms with Crippen LogP contribution >= 0.6 is 47.4 Å². The van der Waals surface area contributed by atoms with E-state index in [-0.39, 0.29) is 43.7 Å². The lowest BCUT2D eigenvalue weighted by atomic mass is 9.99. The summed E-state index contributed by atoms with van der Waals surface area (Å²) < 4.78 is 28.9. The highest BCUT2D eigenvalue weighted by Crippen LogP contribution is 2.15. The smallest absolute Gasteiger partial charge is 0.251 e. The quantitative estimate of drug-likeness (QED) is 0.189. The number of aliphatic hydroxyl groups excluding tert-OH is 1. The van der Waals surface area contributed by atoms with E-state index in [1.807, 2.05) is 44.3 Å². The maximum Gasteiger partial charge on any atom is 0.251 e. The summed E-state index contributed by atoms with van der Waals surface area (Å²) in [5.41, 5.74) is 3.89.